The largest absolute Gasteiger partial charge is 0.454 e. The third-order valence-electron chi connectivity index (χ3n) is 4.26. The second-order valence-corrected chi connectivity index (χ2v) is 6.72. The molecule has 1 heterocycles. The molecule has 110 valence electrons. The second-order valence-electron chi connectivity index (χ2n) is 5.64. The van der Waals surface area contributed by atoms with Gasteiger partial charge >= 0.3 is 0 Å². The van der Waals surface area contributed by atoms with Crippen LogP contribution in [0.3, 0.4) is 0 Å². The van der Waals surface area contributed by atoms with Crippen molar-refractivity contribution in [2.75, 3.05) is 25.3 Å². The molecule has 1 fully saturated rings. The maximum absolute atomic E-state index is 5.46. The van der Waals surface area contributed by atoms with E-state index in [1.807, 2.05) is 13.1 Å². The standard InChI is InChI=1S/C16H23NO2S/c1-17-14(10-20-9-12-4-2-3-5-12)13-6-7-15-16(8-13)19-11-18-15/h6-8,12,14,17H,2-5,9-11H2,1H3. The first kappa shape index (κ1) is 14.1. The van der Waals surface area contributed by atoms with Crippen molar-refractivity contribution in [3.8, 4) is 11.5 Å². The zero-order valence-corrected chi connectivity index (χ0v) is 12.9. The van der Waals surface area contributed by atoms with Crippen molar-refractivity contribution in [2.45, 2.75) is 31.7 Å². The number of thioether (sulfide) groups is 1. The van der Waals surface area contributed by atoms with E-state index < -0.39 is 0 Å². The normalized spacial score (nSPS) is 19.4. The van der Waals surface area contributed by atoms with Gasteiger partial charge in [0.1, 0.15) is 0 Å². The highest BCUT2D eigenvalue weighted by molar-refractivity contribution is 7.99. The van der Waals surface area contributed by atoms with Crippen LogP contribution in [-0.4, -0.2) is 25.3 Å². The van der Waals surface area contributed by atoms with Crippen molar-refractivity contribution < 1.29 is 9.47 Å². The number of hydrogen-bond donors (Lipinski definition) is 1. The SMILES string of the molecule is CNC(CSCC1CCCC1)c1ccc2c(c1)OCO2. The molecule has 0 spiro atoms. The van der Waals surface area contributed by atoms with Crippen LogP contribution in [0.5, 0.6) is 11.5 Å². The van der Waals surface area contributed by atoms with Gasteiger partial charge in [-0.05, 0) is 49.3 Å². The summed E-state index contributed by atoms with van der Waals surface area (Å²) in [6.07, 6.45) is 5.73. The van der Waals surface area contributed by atoms with Gasteiger partial charge in [0, 0.05) is 11.8 Å². The molecule has 0 saturated heterocycles. The monoisotopic (exact) mass is 293 g/mol. The van der Waals surface area contributed by atoms with E-state index in [9.17, 15) is 0 Å². The Morgan fingerprint density at radius 2 is 2.05 bits per heavy atom. The zero-order valence-electron chi connectivity index (χ0n) is 12.1. The van der Waals surface area contributed by atoms with Crippen molar-refractivity contribution in [1.82, 2.24) is 5.32 Å². The molecule has 1 saturated carbocycles. The van der Waals surface area contributed by atoms with Gasteiger partial charge in [-0.25, -0.2) is 0 Å². The maximum Gasteiger partial charge on any atom is 0.231 e. The van der Waals surface area contributed by atoms with Gasteiger partial charge in [-0.1, -0.05) is 18.9 Å². The van der Waals surface area contributed by atoms with Crippen molar-refractivity contribution in [1.29, 1.82) is 0 Å². The van der Waals surface area contributed by atoms with Crippen LogP contribution >= 0.6 is 11.8 Å². The lowest BCUT2D eigenvalue weighted by Crippen LogP contribution is -2.19. The van der Waals surface area contributed by atoms with Crippen molar-refractivity contribution in [3.63, 3.8) is 0 Å². The Balaban J connectivity index is 1.55. The van der Waals surface area contributed by atoms with Gasteiger partial charge in [-0.15, -0.1) is 0 Å². The van der Waals surface area contributed by atoms with Gasteiger partial charge < -0.3 is 14.8 Å². The van der Waals surface area contributed by atoms with Gasteiger partial charge in [-0.3, -0.25) is 0 Å². The van der Waals surface area contributed by atoms with E-state index in [-0.39, 0.29) is 0 Å². The van der Waals surface area contributed by atoms with Crippen LogP contribution in [0.15, 0.2) is 18.2 Å². The lowest BCUT2D eigenvalue weighted by molar-refractivity contribution is 0.174. The number of hydrogen-bond acceptors (Lipinski definition) is 4. The molecule has 1 aliphatic carbocycles. The molecular weight excluding hydrogens is 270 g/mol. The Hall–Kier alpha value is -0.870. The fraction of sp³-hybridized carbons (Fsp3) is 0.625. The third-order valence-corrected chi connectivity index (χ3v) is 5.54. The second kappa shape index (κ2) is 6.72. The lowest BCUT2D eigenvalue weighted by Gasteiger charge is -2.18. The van der Waals surface area contributed by atoms with E-state index in [0.717, 1.165) is 23.2 Å². The summed E-state index contributed by atoms with van der Waals surface area (Å²) in [5, 5.41) is 3.42. The molecule has 1 atom stereocenters. The summed E-state index contributed by atoms with van der Waals surface area (Å²) in [4.78, 5) is 0. The van der Waals surface area contributed by atoms with Crippen molar-refractivity contribution >= 4 is 11.8 Å². The van der Waals surface area contributed by atoms with Gasteiger partial charge in [0.25, 0.3) is 0 Å². The Labute approximate surface area is 125 Å². The van der Waals surface area contributed by atoms with Crippen LogP contribution in [0.2, 0.25) is 0 Å². The fourth-order valence-electron chi connectivity index (χ4n) is 3.01. The van der Waals surface area contributed by atoms with Crippen LogP contribution in [0.4, 0.5) is 0 Å². The topological polar surface area (TPSA) is 30.5 Å². The Bertz CT molecular complexity index is 446. The van der Waals surface area contributed by atoms with Crippen LogP contribution in [0.25, 0.3) is 0 Å². The molecule has 20 heavy (non-hydrogen) atoms. The van der Waals surface area contributed by atoms with Crippen LogP contribution < -0.4 is 14.8 Å². The number of rotatable bonds is 6. The predicted molar refractivity (Wildman–Crippen MR) is 83.6 cm³/mol. The molecule has 1 unspecified atom stereocenters. The highest BCUT2D eigenvalue weighted by atomic mass is 32.2. The molecule has 0 radical (unpaired) electrons. The number of ether oxygens (including phenoxy) is 2. The lowest BCUT2D eigenvalue weighted by atomic mass is 10.1. The number of benzene rings is 1. The average molecular weight is 293 g/mol. The quantitative estimate of drug-likeness (QED) is 0.868. The number of nitrogens with one attached hydrogen (secondary N) is 1. The van der Waals surface area contributed by atoms with E-state index in [1.54, 1.807) is 0 Å². The molecule has 1 N–H and O–H groups in total. The van der Waals surface area contributed by atoms with Crippen molar-refractivity contribution in [2.24, 2.45) is 5.92 Å². The van der Waals surface area contributed by atoms with E-state index in [1.165, 1.54) is 37.0 Å². The Kier molecular flexibility index (Phi) is 4.73. The summed E-state index contributed by atoms with van der Waals surface area (Å²) in [6.45, 7) is 0.347. The van der Waals surface area contributed by atoms with Crippen LogP contribution in [0.1, 0.15) is 37.3 Å². The molecule has 3 nitrogen and oxygen atoms in total. The number of fused-ring (bicyclic) bond motifs is 1. The smallest absolute Gasteiger partial charge is 0.231 e. The van der Waals surface area contributed by atoms with Gasteiger partial charge in [-0.2, -0.15) is 11.8 Å². The summed E-state index contributed by atoms with van der Waals surface area (Å²) in [5.41, 5.74) is 1.29. The maximum atomic E-state index is 5.46. The summed E-state index contributed by atoms with van der Waals surface area (Å²) < 4.78 is 10.8. The first-order valence-corrected chi connectivity index (χ1v) is 8.67. The Morgan fingerprint density at radius 3 is 2.85 bits per heavy atom. The molecule has 1 aromatic carbocycles. The minimum absolute atomic E-state index is 0.347. The minimum Gasteiger partial charge on any atom is -0.454 e. The fourth-order valence-corrected chi connectivity index (χ4v) is 4.40. The average Bonchev–Trinajstić information content (AvgIpc) is 3.13. The van der Waals surface area contributed by atoms with Crippen molar-refractivity contribution in [3.05, 3.63) is 23.8 Å². The molecule has 4 heteroatoms. The van der Waals surface area contributed by atoms with Crippen LogP contribution in [-0.2, 0) is 0 Å². The minimum atomic E-state index is 0.347. The highest BCUT2D eigenvalue weighted by Crippen LogP contribution is 2.35. The third kappa shape index (κ3) is 3.23. The van der Waals surface area contributed by atoms with E-state index in [0.29, 0.717) is 12.8 Å². The summed E-state index contributed by atoms with van der Waals surface area (Å²) in [7, 11) is 2.03. The molecular formula is C16H23NO2S. The van der Waals surface area contributed by atoms with Crippen LogP contribution in [0, 0.1) is 5.92 Å². The predicted octanol–water partition coefficient (Wildman–Crippen LogP) is 3.60. The Morgan fingerprint density at radius 1 is 1.25 bits per heavy atom. The molecule has 1 aliphatic heterocycles. The molecule has 1 aromatic rings. The molecule has 3 rings (SSSR count). The first-order chi connectivity index (χ1) is 9.86. The summed E-state index contributed by atoms with van der Waals surface area (Å²) in [6, 6.07) is 6.66. The molecule has 0 amide bonds. The molecule has 0 bridgehead atoms. The van der Waals surface area contributed by atoms with Gasteiger partial charge in [0.2, 0.25) is 6.79 Å². The van der Waals surface area contributed by atoms with E-state index in [2.05, 4.69) is 29.2 Å². The summed E-state index contributed by atoms with van der Waals surface area (Å²) in [5.74, 6) is 5.12. The van der Waals surface area contributed by atoms with Gasteiger partial charge in [0.05, 0.1) is 0 Å². The van der Waals surface area contributed by atoms with E-state index >= 15 is 0 Å². The summed E-state index contributed by atoms with van der Waals surface area (Å²) >= 11 is 2.08. The van der Waals surface area contributed by atoms with E-state index in [4.69, 9.17) is 9.47 Å². The molecule has 2 aliphatic rings. The zero-order chi connectivity index (χ0) is 13.8. The van der Waals surface area contributed by atoms with Gasteiger partial charge in [0.15, 0.2) is 11.5 Å². The first-order valence-electron chi connectivity index (χ1n) is 7.51. The molecule has 0 aromatic heterocycles. The highest BCUT2D eigenvalue weighted by Gasteiger charge is 2.19.